The molecule has 9 heteroatoms. The van der Waals surface area contributed by atoms with Crippen molar-refractivity contribution < 1.29 is 14.3 Å². The molecule has 3 aromatic rings. The highest BCUT2D eigenvalue weighted by Gasteiger charge is 2.31. The maximum absolute atomic E-state index is 13.2. The van der Waals surface area contributed by atoms with E-state index in [2.05, 4.69) is 10.1 Å². The molecule has 8 nitrogen and oxygen atoms in total. The highest BCUT2D eigenvalue weighted by atomic mass is 32.2. The summed E-state index contributed by atoms with van der Waals surface area (Å²) in [7, 11) is 1.85. The second kappa shape index (κ2) is 11.3. The Kier molecular flexibility index (Phi) is 7.97. The average molecular weight is 480 g/mol. The molecule has 1 aliphatic heterocycles. The molecule has 178 valence electrons. The summed E-state index contributed by atoms with van der Waals surface area (Å²) in [6.07, 6.45) is 9.07. The van der Waals surface area contributed by atoms with Crippen molar-refractivity contribution in [3.05, 3.63) is 77.9 Å². The van der Waals surface area contributed by atoms with E-state index in [-0.39, 0.29) is 30.9 Å². The Morgan fingerprint density at radius 1 is 1.09 bits per heavy atom. The van der Waals surface area contributed by atoms with Gasteiger partial charge in [-0.3, -0.25) is 19.3 Å². The molecule has 1 saturated heterocycles. The lowest BCUT2D eigenvalue weighted by atomic mass is 10.1. The van der Waals surface area contributed by atoms with Gasteiger partial charge in [0.2, 0.25) is 11.8 Å². The zero-order valence-electron chi connectivity index (χ0n) is 19.5. The van der Waals surface area contributed by atoms with Gasteiger partial charge in [0.1, 0.15) is 0 Å². The zero-order valence-corrected chi connectivity index (χ0v) is 20.3. The van der Waals surface area contributed by atoms with E-state index in [4.69, 9.17) is 4.74 Å². The Labute approximate surface area is 203 Å². The van der Waals surface area contributed by atoms with Crippen molar-refractivity contribution in [2.24, 2.45) is 7.05 Å². The fourth-order valence-electron chi connectivity index (χ4n) is 3.92. The second-order valence-electron chi connectivity index (χ2n) is 8.38. The van der Waals surface area contributed by atoms with E-state index in [1.54, 1.807) is 44.8 Å². The molecule has 1 aliphatic rings. The molecular formula is C25H29N5O3S. The van der Waals surface area contributed by atoms with Crippen LogP contribution >= 0.6 is 11.8 Å². The highest BCUT2D eigenvalue weighted by Crippen LogP contribution is 2.18. The first-order valence-electron chi connectivity index (χ1n) is 11.2. The van der Waals surface area contributed by atoms with Gasteiger partial charge in [0.25, 0.3) is 0 Å². The lowest BCUT2D eigenvalue weighted by molar-refractivity contribution is -0.138. The van der Waals surface area contributed by atoms with Crippen LogP contribution in [0.15, 0.2) is 66.1 Å². The zero-order chi connectivity index (χ0) is 23.9. The Bertz CT molecular complexity index is 1100. The van der Waals surface area contributed by atoms with E-state index in [9.17, 15) is 9.59 Å². The van der Waals surface area contributed by atoms with Crippen molar-refractivity contribution >= 4 is 23.6 Å². The standard InChI is InChI=1S/C25H29N5O3S/c1-28-13-21(12-27-28)14-29-15-22(33-18-20-7-9-26-10-8-20)16-30(17-25(29)32)24(31)11-19-3-5-23(34-2)6-4-19/h3-10,12-13,22H,11,14-18H2,1-2H3/t22-/m0/s1. The van der Waals surface area contributed by atoms with Gasteiger partial charge in [0, 0.05) is 55.7 Å². The van der Waals surface area contributed by atoms with Gasteiger partial charge in [-0.25, -0.2) is 0 Å². The summed E-state index contributed by atoms with van der Waals surface area (Å²) in [6, 6.07) is 11.8. The summed E-state index contributed by atoms with van der Waals surface area (Å²) >= 11 is 1.66. The van der Waals surface area contributed by atoms with Crippen LogP contribution in [-0.4, -0.2) is 68.4 Å². The van der Waals surface area contributed by atoms with Crippen LogP contribution in [0.1, 0.15) is 16.7 Å². The Hall–Kier alpha value is -3.17. The maximum atomic E-state index is 13.2. The Morgan fingerprint density at radius 2 is 1.85 bits per heavy atom. The number of hydrogen-bond donors (Lipinski definition) is 0. The molecule has 0 unspecified atom stereocenters. The van der Waals surface area contributed by atoms with Crippen molar-refractivity contribution in [3.8, 4) is 0 Å². The molecule has 34 heavy (non-hydrogen) atoms. The third kappa shape index (κ3) is 6.45. The summed E-state index contributed by atoms with van der Waals surface area (Å²) < 4.78 is 7.91. The molecule has 2 aromatic heterocycles. The van der Waals surface area contributed by atoms with Crippen LogP contribution in [0.3, 0.4) is 0 Å². The minimum Gasteiger partial charge on any atom is -0.370 e. The Morgan fingerprint density at radius 3 is 2.53 bits per heavy atom. The normalized spacial score (nSPS) is 16.5. The van der Waals surface area contributed by atoms with Crippen LogP contribution in [0.5, 0.6) is 0 Å². The van der Waals surface area contributed by atoms with E-state index < -0.39 is 0 Å². The topological polar surface area (TPSA) is 80.6 Å². The van der Waals surface area contributed by atoms with Crippen LogP contribution < -0.4 is 0 Å². The summed E-state index contributed by atoms with van der Waals surface area (Å²) in [4.78, 5) is 34.9. The number of thioether (sulfide) groups is 1. The van der Waals surface area contributed by atoms with E-state index in [0.717, 1.165) is 21.6 Å². The Balaban J connectivity index is 1.48. The predicted molar refractivity (Wildman–Crippen MR) is 130 cm³/mol. The van der Waals surface area contributed by atoms with E-state index in [1.165, 1.54) is 0 Å². The molecule has 0 aliphatic carbocycles. The number of aromatic nitrogens is 3. The molecule has 0 spiro atoms. The van der Waals surface area contributed by atoms with Gasteiger partial charge in [-0.2, -0.15) is 5.10 Å². The number of benzene rings is 1. The van der Waals surface area contributed by atoms with Gasteiger partial charge in [0.15, 0.2) is 0 Å². The van der Waals surface area contributed by atoms with Gasteiger partial charge < -0.3 is 14.5 Å². The van der Waals surface area contributed by atoms with Crippen molar-refractivity contribution in [3.63, 3.8) is 0 Å². The number of amides is 2. The number of carbonyl (C=O) groups is 2. The van der Waals surface area contributed by atoms with Gasteiger partial charge >= 0.3 is 0 Å². The third-order valence-corrected chi connectivity index (χ3v) is 6.50. The van der Waals surface area contributed by atoms with Crippen molar-refractivity contribution in [1.29, 1.82) is 0 Å². The molecule has 3 heterocycles. The number of pyridine rings is 1. The van der Waals surface area contributed by atoms with Gasteiger partial charge in [0.05, 0.1) is 31.9 Å². The fourth-order valence-corrected chi connectivity index (χ4v) is 4.33. The maximum Gasteiger partial charge on any atom is 0.242 e. The molecule has 1 atom stereocenters. The second-order valence-corrected chi connectivity index (χ2v) is 9.26. The molecule has 4 rings (SSSR count). The number of aryl methyl sites for hydroxylation is 1. The van der Waals surface area contributed by atoms with Gasteiger partial charge in [-0.15, -0.1) is 11.8 Å². The number of nitrogens with zero attached hydrogens (tertiary/aromatic N) is 5. The molecule has 0 N–H and O–H groups in total. The highest BCUT2D eigenvalue weighted by molar-refractivity contribution is 7.98. The SMILES string of the molecule is CSc1ccc(CC(=O)N2CC(=O)N(Cc3cnn(C)c3)C[C@H](OCc3ccncc3)C2)cc1. The smallest absolute Gasteiger partial charge is 0.242 e. The predicted octanol–water partition coefficient (Wildman–Crippen LogP) is 2.54. The quantitative estimate of drug-likeness (QED) is 0.462. The molecule has 1 aromatic carbocycles. The first-order chi connectivity index (χ1) is 16.5. The minimum atomic E-state index is -0.306. The molecule has 0 saturated carbocycles. The number of hydrogen-bond acceptors (Lipinski definition) is 6. The average Bonchev–Trinajstić information content (AvgIpc) is 3.19. The van der Waals surface area contributed by atoms with E-state index >= 15 is 0 Å². The third-order valence-electron chi connectivity index (χ3n) is 5.76. The lowest BCUT2D eigenvalue weighted by Crippen LogP contribution is -2.40. The summed E-state index contributed by atoms with van der Waals surface area (Å²) in [5.41, 5.74) is 2.87. The lowest BCUT2D eigenvalue weighted by Gasteiger charge is -2.24. The molecule has 0 bridgehead atoms. The summed E-state index contributed by atoms with van der Waals surface area (Å²) in [5.74, 6) is -0.170. The summed E-state index contributed by atoms with van der Waals surface area (Å²) in [5, 5.41) is 4.20. The van der Waals surface area contributed by atoms with Crippen LogP contribution in [0, 0.1) is 0 Å². The van der Waals surface area contributed by atoms with Crippen molar-refractivity contribution in [2.45, 2.75) is 30.6 Å². The first kappa shape index (κ1) is 24.0. The summed E-state index contributed by atoms with van der Waals surface area (Å²) in [6.45, 7) is 1.63. The first-order valence-corrected chi connectivity index (χ1v) is 12.4. The van der Waals surface area contributed by atoms with E-state index in [1.807, 2.05) is 55.9 Å². The molecule has 1 fully saturated rings. The largest absolute Gasteiger partial charge is 0.370 e. The van der Waals surface area contributed by atoms with Crippen LogP contribution in [0.2, 0.25) is 0 Å². The monoisotopic (exact) mass is 479 g/mol. The molecule has 0 radical (unpaired) electrons. The van der Waals surface area contributed by atoms with Crippen molar-refractivity contribution in [1.82, 2.24) is 24.6 Å². The van der Waals surface area contributed by atoms with Crippen LogP contribution in [0.25, 0.3) is 0 Å². The molecule has 2 amide bonds. The van der Waals surface area contributed by atoms with Gasteiger partial charge in [-0.1, -0.05) is 12.1 Å². The number of ether oxygens (including phenoxy) is 1. The van der Waals surface area contributed by atoms with E-state index in [0.29, 0.717) is 26.2 Å². The van der Waals surface area contributed by atoms with Crippen molar-refractivity contribution in [2.75, 3.05) is 25.9 Å². The molecular weight excluding hydrogens is 450 g/mol. The van der Waals surface area contributed by atoms with Crippen LogP contribution in [0.4, 0.5) is 0 Å². The van der Waals surface area contributed by atoms with Gasteiger partial charge in [-0.05, 0) is 41.6 Å². The number of rotatable bonds is 8. The fraction of sp³-hybridized carbons (Fsp3) is 0.360. The van der Waals surface area contributed by atoms with Crippen LogP contribution in [-0.2, 0) is 40.9 Å². The minimum absolute atomic E-state index is 0.0388. The number of carbonyl (C=O) groups excluding carboxylic acids is 2.